The molecule has 8 fully saturated rings. The molecule has 4 saturated carbocycles. The van der Waals surface area contributed by atoms with Crippen LogP contribution in [0.25, 0.3) is 0 Å². The van der Waals surface area contributed by atoms with Crippen LogP contribution < -0.4 is 20.7 Å². The third-order valence-electron chi connectivity index (χ3n) is 17.7. The Morgan fingerprint density at radius 3 is 2.08 bits per heavy atom. The van der Waals surface area contributed by atoms with Crippen LogP contribution in [0, 0.1) is 33.5 Å². The minimum Gasteiger partial charge on any atom is -0.381 e. The predicted octanol–water partition coefficient (Wildman–Crippen LogP) is 3.15. The number of likely N-dealkylation sites (N-methyl/N-ethyl adjacent to an activating group) is 1. The van der Waals surface area contributed by atoms with Crippen LogP contribution in [0.15, 0.2) is 12.7 Å². The molecule has 5 amide bonds. The molecule has 15 nitrogen and oxygen atoms in total. The molecule has 2 spiro atoms. The van der Waals surface area contributed by atoms with E-state index in [9.17, 15) is 27.6 Å². The van der Waals surface area contributed by atoms with Crippen LogP contribution in [0.3, 0.4) is 0 Å². The topological polar surface area (TPSA) is 187 Å². The van der Waals surface area contributed by atoms with E-state index in [0.717, 1.165) is 77.3 Å². The lowest BCUT2D eigenvalue weighted by atomic mass is 9.73. The molecule has 61 heavy (non-hydrogen) atoms. The van der Waals surface area contributed by atoms with Gasteiger partial charge in [0.05, 0.1) is 6.04 Å². The van der Waals surface area contributed by atoms with E-state index >= 15 is 4.79 Å². The van der Waals surface area contributed by atoms with E-state index in [1.165, 1.54) is 4.31 Å². The Bertz CT molecular complexity index is 1870. The molecule has 16 heteroatoms. The smallest absolute Gasteiger partial charge is 0.303 e. The van der Waals surface area contributed by atoms with Crippen molar-refractivity contribution in [3.63, 3.8) is 0 Å². The summed E-state index contributed by atoms with van der Waals surface area (Å²) in [5.41, 5.74) is -2.77. The second kappa shape index (κ2) is 16.5. The van der Waals surface area contributed by atoms with Crippen molar-refractivity contribution in [3.8, 4) is 0 Å². The van der Waals surface area contributed by atoms with E-state index in [1.807, 2.05) is 13.8 Å². The minimum absolute atomic E-state index is 0.0278. The molecule has 4 heterocycles. The van der Waals surface area contributed by atoms with Gasteiger partial charge in [-0.25, -0.2) is 4.72 Å². The largest absolute Gasteiger partial charge is 0.381 e. The highest BCUT2D eigenvalue weighted by molar-refractivity contribution is 7.87. The highest BCUT2D eigenvalue weighted by Gasteiger charge is 2.85. The Morgan fingerprint density at radius 1 is 0.803 bits per heavy atom. The van der Waals surface area contributed by atoms with E-state index in [4.69, 9.17) is 4.74 Å². The van der Waals surface area contributed by atoms with Gasteiger partial charge in [0.1, 0.15) is 23.7 Å². The fraction of sp³-hybridized carbons (Fsp3) is 0.844. The molecule has 8 rings (SSSR count). The van der Waals surface area contributed by atoms with Gasteiger partial charge in [-0.2, -0.15) is 12.7 Å². The van der Waals surface area contributed by atoms with Crippen molar-refractivity contribution in [1.29, 1.82) is 0 Å². The van der Waals surface area contributed by atoms with Crippen LogP contribution in [-0.4, -0.2) is 128 Å². The van der Waals surface area contributed by atoms with Crippen LogP contribution >= 0.6 is 0 Å². The van der Waals surface area contributed by atoms with Gasteiger partial charge in [-0.1, -0.05) is 59.5 Å². The van der Waals surface area contributed by atoms with E-state index in [-0.39, 0.29) is 52.3 Å². The number of amides is 5. The van der Waals surface area contributed by atoms with Gasteiger partial charge in [0.15, 0.2) is 0 Å². The summed E-state index contributed by atoms with van der Waals surface area (Å²) in [5.74, 6) is -2.73. The Morgan fingerprint density at radius 2 is 1.49 bits per heavy atom. The summed E-state index contributed by atoms with van der Waals surface area (Å²) < 4.78 is 35.8. The first-order valence-corrected chi connectivity index (χ1v) is 24.9. The SMILES string of the molecule is C=C[C@@H]1C[C@]1(NC(=O)[C@@H]1C[C@@]2(CN1C(=O)[C@@H](NC(=O)[C@@H](NC(=O)[C@@H]1CCCN1CC)C1CCCCC1)C1(C)CCOCC1)C(C)(C)C21CCC1)C(=O)NS(=O)(=O)N1CCCC1. The minimum atomic E-state index is -4.12. The molecule has 0 bridgehead atoms. The molecule has 0 unspecified atom stereocenters. The maximum absolute atomic E-state index is 15.6. The molecule has 0 aromatic heterocycles. The summed E-state index contributed by atoms with van der Waals surface area (Å²) in [6, 6.07) is -3.08. The maximum Gasteiger partial charge on any atom is 0.303 e. The number of likely N-dealkylation sites (tertiary alicyclic amines) is 2. The number of hydrogen-bond donors (Lipinski definition) is 4. The molecule has 8 aliphatic rings. The summed E-state index contributed by atoms with van der Waals surface area (Å²) in [4.78, 5) is 77.2. The van der Waals surface area contributed by atoms with Crippen molar-refractivity contribution in [2.24, 2.45) is 33.5 Å². The molecule has 0 aromatic rings. The lowest BCUT2D eigenvalue weighted by Gasteiger charge is -2.43. The number of ether oxygens (including phenoxy) is 1. The van der Waals surface area contributed by atoms with E-state index < -0.39 is 57.0 Å². The number of carbonyl (C=O) groups is 5. The summed E-state index contributed by atoms with van der Waals surface area (Å²) in [6.07, 6.45) is 14.0. The Labute approximate surface area is 362 Å². The fourth-order valence-corrected chi connectivity index (χ4v) is 14.6. The second-order valence-electron chi connectivity index (χ2n) is 20.8. The van der Waals surface area contributed by atoms with E-state index in [1.54, 1.807) is 11.0 Å². The summed E-state index contributed by atoms with van der Waals surface area (Å²) in [6.45, 7) is 15.8. The van der Waals surface area contributed by atoms with Crippen molar-refractivity contribution >= 4 is 39.7 Å². The average Bonchev–Trinajstić information content (AvgIpc) is 3.63. The van der Waals surface area contributed by atoms with Gasteiger partial charge in [-0.3, -0.25) is 28.9 Å². The fourth-order valence-electron chi connectivity index (χ4n) is 13.3. The van der Waals surface area contributed by atoms with Crippen molar-refractivity contribution in [1.82, 2.24) is 34.8 Å². The summed E-state index contributed by atoms with van der Waals surface area (Å²) in [7, 11) is -4.12. The van der Waals surface area contributed by atoms with Gasteiger partial charge >= 0.3 is 10.2 Å². The molecule has 4 N–H and O–H groups in total. The van der Waals surface area contributed by atoms with Gasteiger partial charge in [-0.05, 0) is 107 Å². The summed E-state index contributed by atoms with van der Waals surface area (Å²) >= 11 is 0. The quantitative estimate of drug-likeness (QED) is 0.191. The van der Waals surface area contributed by atoms with Crippen LogP contribution in [0.1, 0.15) is 130 Å². The van der Waals surface area contributed by atoms with Crippen LogP contribution in [0.4, 0.5) is 0 Å². The van der Waals surface area contributed by atoms with Crippen molar-refractivity contribution in [3.05, 3.63) is 12.7 Å². The molecule has 4 saturated heterocycles. The number of rotatable bonds is 14. The lowest BCUT2D eigenvalue weighted by molar-refractivity contribution is -0.147. The van der Waals surface area contributed by atoms with E-state index in [0.29, 0.717) is 65.0 Å². The van der Waals surface area contributed by atoms with E-state index in [2.05, 4.69) is 46.0 Å². The second-order valence-corrected chi connectivity index (χ2v) is 22.4. The normalized spacial score (nSPS) is 34.0. The van der Waals surface area contributed by atoms with Gasteiger partial charge in [0.2, 0.25) is 23.6 Å². The molecular formula is C45H71N7O8S. The van der Waals surface area contributed by atoms with Crippen molar-refractivity contribution < 1.29 is 37.1 Å². The van der Waals surface area contributed by atoms with Crippen molar-refractivity contribution in [2.45, 2.75) is 160 Å². The van der Waals surface area contributed by atoms with Crippen molar-refractivity contribution in [2.75, 3.05) is 45.9 Å². The molecule has 0 aromatic carbocycles. The monoisotopic (exact) mass is 870 g/mol. The first-order valence-electron chi connectivity index (χ1n) is 23.5. The zero-order valence-electron chi connectivity index (χ0n) is 37.0. The van der Waals surface area contributed by atoms with Gasteiger partial charge in [0.25, 0.3) is 5.91 Å². The molecule has 0 radical (unpaired) electrons. The van der Waals surface area contributed by atoms with Crippen LogP contribution in [0.5, 0.6) is 0 Å². The van der Waals surface area contributed by atoms with Crippen LogP contribution in [-0.2, 0) is 38.9 Å². The Hall–Kier alpha value is -3.08. The molecule has 4 aliphatic heterocycles. The summed E-state index contributed by atoms with van der Waals surface area (Å²) in [5, 5.41) is 9.44. The molecule has 340 valence electrons. The number of nitrogens with zero attached hydrogens (tertiary/aromatic N) is 3. The Balaban J connectivity index is 1.09. The first kappa shape index (κ1) is 44.5. The molecular weight excluding hydrogens is 799 g/mol. The highest BCUT2D eigenvalue weighted by atomic mass is 32.2. The molecule has 7 atom stereocenters. The third-order valence-corrected chi connectivity index (χ3v) is 19.2. The van der Waals surface area contributed by atoms with Gasteiger partial charge < -0.3 is 25.6 Å². The zero-order chi connectivity index (χ0) is 43.6. The average molecular weight is 870 g/mol. The number of carbonyl (C=O) groups excluding carboxylic acids is 5. The van der Waals surface area contributed by atoms with Gasteiger partial charge in [0, 0.05) is 49.6 Å². The molecule has 4 aliphatic carbocycles. The first-order chi connectivity index (χ1) is 29.0. The predicted molar refractivity (Wildman–Crippen MR) is 229 cm³/mol. The number of hydrogen-bond acceptors (Lipinski definition) is 9. The standard InChI is InChI=1S/C45H71N7O8S/c1-6-31-27-45(31,40(57)49-61(58,59)51-23-11-12-24-51)48-37(54)33-28-44(41(3,4)43(44)18-14-19-43)29-52(33)39(56)35(42(5)20-25-60-26-21-42)47-38(55)34(30-15-9-8-10-16-30)46-36(53)32-17-13-22-50(32)7-2/h6,30-35H,1,7-29H2,2-5H3,(H,46,53)(H,47,55)(H,48,54)(H,49,57)/t31-,32+,33+,34+,35-,44-,45-/m1/s1. The van der Waals surface area contributed by atoms with Gasteiger partial charge in [-0.15, -0.1) is 6.58 Å². The number of fused-ring (bicyclic) bond motifs is 1. The lowest BCUT2D eigenvalue weighted by Crippen LogP contribution is -2.64. The van der Waals surface area contributed by atoms with Crippen LogP contribution in [0.2, 0.25) is 0 Å². The Kier molecular flexibility index (Phi) is 12.0. The maximum atomic E-state index is 15.6. The highest BCUT2D eigenvalue weighted by Crippen LogP contribution is 2.88. The number of nitrogens with one attached hydrogen (secondary N) is 4. The third kappa shape index (κ3) is 7.44. The zero-order valence-corrected chi connectivity index (χ0v) is 37.8.